The van der Waals surface area contributed by atoms with E-state index in [4.69, 9.17) is 10.5 Å². The highest BCUT2D eigenvalue weighted by atomic mass is 35.5. The number of halogens is 2. The molecule has 0 bridgehead atoms. The van der Waals surface area contributed by atoms with Gasteiger partial charge < -0.3 is 15.8 Å². The number of anilines is 2. The van der Waals surface area contributed by atoms with Crippen LogP contribution < -0.4 is 11.1 Å². The number of nitrogens with two attached hydrogens (primary N) is 1. The number of rotatable bonds is 6. The second-order valence-corrected chi connectivity index (χ2v) is 3.46. The van der Waals surface area contributed by atoms with Crippen LogP contribution in [0.5, 0.6) is 0 Å². The third-order valence-electron chi connectivity index (χ3n) is 1.44. The van der Waals surface area contributed by atoms with Crippen LogP contribution in [0.4, 0.5) is 10.9 Å². The van der Waals surface area contributed by atoms with Crippen LogP contribution in [-0.2, 0) is 4.74 Å². The molecule has 1 aromatic heterocycles. The number of nitrogens with one attached hydrogen (secondary N) is 1. The maximum atomic E-state index is 5.45. The number of aliphatic imine (C=N–C) groups is 1. The topological polar surface area (TPSA) is 72.5 Å². The standard InChI is InChI=1S/C8H14N4OS.2ClH/c1-13-4-2-3-10-6-11-8-12-7(9)5-14-8;;/h5-6H,2-4,9H2,1H3,(H,10,11,12);2*1H. The average Bonchev–Trinajstić information content (AvgIpc) is 2.58. The molecule has 0 atom stereocenters. The summed E-state index contributed by atoms with van der Waals surface area (Å²) >= 11 is 1.45. The molecule has 0 aliphatic heterocycles. The molecule has 5 nitrogen and oxygen atoms in total. The molecule has 0 amide bonds. The fourth-order valence-corrected chi connectivity index (χ4v) is 1.38. The van der Waals surface area contributed by atoms with Gasteiger partial charge in [-0.2, -0.15) is 0 Å². The van der Waals surface area contributed by atoms with Crippen LogP contribution >= 0.6 is 36.2 Å². The Kier molecular flexibility index (Phi) is 12.2. The van der Waals surface area contributed by atoms with E-state index in [1.54, 1.807) is 18.8 Å². The van der Waals surface area contributed by atoms with E-state index in [-0.39, 0.29) is 24.8 Å². The zero-order valence-electron chi connectivity index (χ0n) is 8.88. The maximum Gasteiger partial charge on any atom is 0.189 e. The molecule has 3 N–H and O–H groups in total. The predicted octanol–water partition coefficient (Wildman–Crippen LogP) is 2.05. The number of nitrogens with zero attached hydrogens (tertiary/aromatic N) is 2. The molecule has 0 radical (unpaired) electrons. The van der Waals surface area contributed by atoms with Gasteiger partial charge in [-0.3, -0.25) is 4.99 Å². The summed E-state index contributed by atoms with van der Waals surface area (Å²) in [5, 5.41) is 5.48. The lowest BCUT2D eigenvalue weighted by Crippen LogP contribution is -1.97. The van der Waals surface area contributed by atoms with Crippen molar-refractivity contribution in [3.63, 3.8) is 0 Å². The van der Waals surface area contributed by atoms with Crippen molar-refractivity contribution in [1.29, 1.82) is 0 Å². The molecular weight excluding hydrogens is 271 g/mol. The Balaban J connectivity index is 0. The van der Waals surface area contributed by atoms with Gasteiger partial charge in [-0.1, -0.05) is 0 Å². The zero-order chi connectivity index (χ0) is 10.2. The van der Waals surface area contributed by atoms with Crippen LogP contribution in [0.1, 0.15) is 6.42 Å². The van der Waals surface area contributed by atoms with Crippen molar-refractivity contribution < 1.29 is 4.74 Å². The summed E-state index contributed by atoms with van der Waals surface area (Å²) in [6, 6.07) is 0. The van der Waals surface area contributed by atoms with Crippen LogP contribution in [0.2, 0.25) is 0 Å². The Labute approximate surface area is 111 Å². The van der Waals surface area contributed by atoms with E-state index < -0.39 is 0 Å². The summed E-state index contributed by atoms with van der Waals surface area (Å²) in [7, 11) is 1.68. The smallest absolute Gasteiger partial charge is 0.189 e. The first-order chi connectivity index (χ1) is 6.83. The van der Waals surface area contributed by atoms with Gasteiger partial charge in [0.25, 0.3) is 0 Å². The minimum atomic E-state index is 0. The van der Waals surface area contributed by atoms with Gasteiger partial charge in [0.05, 0.1) is 6.34 Å². The lowest BCUT2D eigenvalue weighted by molar-refractivity contribution is 0.197. The fraction of sp³-hybridized carbons (Fsp3) is 0.500. The lowest BCUT2D eigenvalue weighted by Gasteiger charge is -1.94. The molecule has 1 aromatic rings. The minimum absolute atomic E-state index is 0. The summed E-state index contributed by atoms with van der Waals surface area (Å²) in [6.07, 6.45) is 2.56. The maximum absolute atomic E-state index is 5.45. The largest absolute Gasteiger partial charge is 0.385 e. The van der Waals surface area contributed by atoms with Gasteiger partial charge in [-0.15, -0.1) is 36.2 Å². The van der Waals surface area contributed by atoms with Crippen LogP contribution in [0.3, 0.4) is 0 Å². The van der Waals surface area contributed by atoms with Gasteiger partial charge in [0.15, 0.2) is 5.13 Å². The SMILES string of the molecule is COCCCN=CNc1nc(N)cs1.Cl.Cl. The molecule has 1 rings (SSSR count). The van der Waals surface area contributed by atoms with Crippen molar-refractivity contribution in [3.05, 3.63) is 5.38 Å². The molecule has 0 unspecified atom stereocenters. The number of nitrogen functional groups attached to an aromatic ring is 1. The molecule has 0 aliphatic rings. The van der Waals surface area contributed by atoms with Gasteiger partial charge in [0, 0.05) is 25.6 Å². The van der Waals surface area contributed by atoms with Crippen molar-refractivity contribution >= 4 is 53.4 Å². The van der Waals surface area contributed by atoms with Gasteiger partial charge in [0.2, 0.25) is 0 Å². The third kappa shape index (κ3) is 7.70. The van der Waals surface area contributed by atoms with Gasteiger partial charge in [-0.25, -0.2) is 4.98 Å². The summed E-state index contributed by atoms with van der Waals surface area (Å²) in [5.41, 5.74) is 5.45. The molecule has 0 saturated heterocycles. The van der Waals surface area contributed by atoms with E-state index >= 15 is 0 Å². The first-order valence-electron chi connectivity index (χ1n) is 4.27. The van der Waals surface area contributed by atoms with Gasteiger partial charge in [-0.05, 0) is 6.42 Å². The molecule has 0 aromatic carbocycles. The van der Waals surface area contributed by atoms with Crippen molar-refractivity contribution in [2.45, 2.75) is 6.42 Å². The van der Waals surface area contributed by atoms with E-state index in [9.17, 15) is 0 Å². The van der Waals surface area contributed by atoms with Gasteiger partial charge >= 0.3 is 0 Å². The highest BCUT2D eigenvalue weighted by molar-refractivity contribution is 7.14. The first-order valence-corrected chi connectivity index (χ1v) is 5.15. The van der Waals surface area contributed by atoms with E-state index in [1.807, 2.05) is 0 Å². The lowest BCUT2D eigenvalue weighted by atomic mass is 10.5. The zero-order valence-corrected chi connectivity index (χ0v) is 11.3. The number of hydrogen-bond acceptors (Lipinski definition) is 5. The number of thiazole rings is 1. The molecular formula is C8H16Cl2N4OS. The van der Waals surface area contributed by atoms with Crippen LogP contribution in [0.15, 0.2) is 10.4 Å². The van der Waals surface area contributed by atoms with Crippen molar-refractivity contribution in [2.24, 2.45) is 4.99 Å². The number of hydrogen-bond donors (Lipinski definition) is 2. The average molecular weight is 287 g/mol. The minimum Gasteiger partial charge on any atom is -0.385 e. The van der Waals surface area contributed by atoms with Crippen LogP contribution in [-0.4, -0.2) is 31.6 Å². The molecule has 94 valence electrons. The predicted molar refractivity (Wildman–Crippen MR) is 74.5 cm³/mol. The molecule has 16 heavy (non-hydrogen) atoms. The summed E-state index contributed by atoms with van der Waals surface area (Å²) < 4.78 is 4.89. The fourth-order valence-electron chi connectivity index (χ4n) is 0.818. The number of ether oxygens (including phenoxy) is 1. The first kappa shape index (κ1) is 17.8. The van der Waals surface area contributed by atoms with Crippen LogP contribution in [0, 0.1) is 0 Å². The van der Waals surface area contributed by atoms with Crippen molar-refractivity contribution in [1.82, 2.24) is 4.98 Å². The van der Waals surface area contributed by atoms with E-state index in [1.165, 1.54) is 11.3 Å². The quantitative estimate of drug-likeness (QED) is 0.477. The van der Waals surface area contributed by atoms with Gasteiger partial charge in [0.1, 0.15) is 5.82 Å². The van der Waals surface area contributed by atoms with Crippen molar-refractivity contribution in [2.75, 3.05) is 31.3 Å². The Hall–Kier alpha value is -0.560. The molecule has 0 saturated carbocycles. The second-order valence-electron chi connectivity index (χ2n) is 2.60. The normalized spacial score (nSPS) is 9.56. The Morgan fingerprint density at radius 1 is 1.62 bits per heavy atom. The molecule has 8 heteroatoms. The third-order valence-corrected chi connectivity index (χ3v) is 2.23. The molecule has 0 aliphatic carbocycles. The monoisotopic (exact) mass is 286 g/mol. The highest BCUT2D eigenvalue weighted by Gasteiger charge is 1.93. The summed E-state index contributed by atoms with van der Waals surface area (Å²) in [6.45, 7) is 1.49. The van der Waals surface area contributed by atoms with Crippen molar-refractivity contribution in [3.8, 4) is 0 Å². The Bertz CT molecular complexity index is 295. The van der Waals surface area contributed by atoms with E-state index in [0.29, 0.717) is 5.82 Å². The molecule has 0 spiro atoms. The van der Waals surface area contributed by atoms with E-state index in [2.05, 4.69) is 15.3 Å². The Morgan fingerprint density at radius 2 is 2.38 bits per heavy atom. The van der Waals surface area contributed by atoms with E-state index in [0.717, 1.165) is 24.7 Å². The molecule has 0 fully saturated rings. The van der Waals surface area contributed by atoms with Crippen LogP contribution in [0.25, 0.3) is 0 Å². The summed E-state index contributed by atoms with van der Waals surface area (Å²) in [4.78, 5) is 8.14. The number of aromatic nitrogens is 1. The number of methoxy groups -OCH3 is 1. The second kappa shape index (κ2) is 10.9. The summed E-state index contributed by atoms with van der Waals surface area (Å²) in [5.74, 6) is 0.533. The Morgan fingerprint density at radius 3 is 2.94 bits per heavy atom. The molecule has 1 heterocycles. The highest BCUT2D eigenvalue weighted by Crippen LogP contribution is 2.15.